The Morgan fingerprint density at radius 2 is 1.47 bits per heavy atom. The molecule has 0 fully saturated rings. The molecule has 0 aliphatic heterocycles. The topological polar surface area (TPSA) is 18.5 Å². The summed E-state index contributed by atoms with van der Waals surface area (Å²) in [5.74, 6) is 0. The highest BCUT2D eigenvalue weighted by molar-refractivity contribution is 6.74. The molecule has 5 heteroatoms. The van der Waals surface area contributed by atoms with Crippen LogP contribution in [0.5, 0.6) is 0 Å². The maximum atomic E-state index is 6.26. The van der Waals surface area contributed by atoms with E-state index in [2.05, 4.69) is 53.1 Å². The smallest absolute Gasteiger partial charge is 0.213 e. The Balaban J connectivity index is 4.27. The molecule has 2 unspecified atom stereocenters. The van der Waals surface area contributed by atoms with Crippen LogP contribution in [-0.4, -0.2) is 37.6 Å². The fourth-order valence-electron chi connectivity index (χ4n) is 1.28. The quantitative estimate of drug-likeness (QED) is 0.687. The molecular weight excluding hydrogens is 236 g/mol. The van der Waals surface area contributed by atoms with Crippen LogP contribution < -0.4 is 0 Å². The summed E-state index contributed by atoms with van der Waals surface area (Å²) in [4.78, 5) is 0. The van der Waals surface area contributed by atoms with Gasteiger partial charge in [-0.1, -0.05) is 13.1 Å². The van der Waals surface area contributed by atoms with Crippen molar-refractivity contribution in [3.8, 4) is 0 Å². The van der Waals surface area contributed by atoms with Gasteiger partial charge in [0, 0.05) is 5.73 Å². The SMILES string of the molecule is CC(O[Si](C)(C)C(C)O[SiH](C)C)[SiH](C)C. The van der Waals surface area contributed by atoms with E-state index in [0.29, 0.717) is 11.5 Å². The standard InChI is InChI=1S/C10H28O2Si3/c1-9(13(3)4)12-15(7,8)10(2)11-14(5)6/h9-10,13-14H,1-8H3. The second-order valence-electron chi connectivity index (χ2n) is 5.50. The van der Waals surface area contributed by atoms with Crippen molar-refractivity contribution in [2.24, 2.45) is 0 Å². The highest BCUT2D eigenvalue weighted by atomic mass is 28.4. The van der Waals surface area contributed by atoms with Crippen LogP contribution in [0.25, 0.3) is 0 Å². The van der Waals surface area contributed by atoms with Gasteiger partial charge in [-0.15, -0.1) is 0 Å². The van der Waals surface area contributed by atoms with E-state index in [1.807, 2.05) is 0 Å². The van der Waals surface area contributed by atoms with Crippen molar-refractivity contribution in [3.63, 3.8) is 0 Å². The molecule has 0 amide bonds. The summed E-state index contributed by atoms with van der Waals surface area (Å²) < 4.78 is 12.2. The van der Waals surface area contributed by atoms with Gasteiger partial charge in [0.2, 0.25) is 8.32 Å². The fourth-order valence-corrected chi connectivity index (χ4v) is 7.52. The minimum atomic E-state index is -1.65. The molecule has 0 aliphatic carbocycles. The van der Waals surface area contributed by atoms with E-state index in [1.54, 1.807) is 0 Å². The van der Waals surface area contributed by atoms with Gasteiger partial charge in [0.1, 0.15) is 0 Å². The number of hydrogen-bond donors (Lipinski definition) is 0. The second-order valence-corrected chi connectivity index (χ2v) is 15.5. The molecule has 15 heavy (non-hydrogen) atoms. The van der Waals surface area contributed by atoms with Crippen LogP contribution >= 0.6 is 0 Å². The molecule has 92 valence electrons. The predicted octanol–water partition coefficient (Wildman–Crippen LogP) is 2.55. The molecule has 0 N–H and O–H groups in total. The largest absolute Gasteiger partial charge is 0.418 e. The first-order valence-corrected chi connectivity index (χ1v) is 14.7. The van der Waals surface area contributed by atoms with E-state index in [-0.39, 0.29) is 0 Å². The van der Waals surface area contributed by atoms with Crippen molar-refractivity contribution in [2.45, 2.75) is 64.6 Å². The number of hydrogen-bond acceptors (Lipinski definition) is 2. The van der Waals surface area contributed by atoms with Gasteiger partial charge >= 0.3 is 0 Å². The van der Waals surface area contributed by atoms with E-state index in [0.717, 1.165) is 0 Å². The van der Waals surface area contributed by atoms with Crippen molar-refractivity contribution in [3.05, 3.63) is 0 Å². The van der Waals surface area contributed by atoms with Gasteiger partial charge in [-0.25, -0.2) is 0 Å². The van der Waals surface area contributed by atoms with Crippen LogP contribution in [0.4, 0.5) is 0 Å². The Morgan fingerprint density at radius 3 is 1.80 bits per heavy atom. The Bertz CT molecular complexity index is 184. The third-order valence-electron chi connectivity index (χ3n) is 2.88. The lowest BCUT2D eigenvalue weighted by atomic mass is 10.9. The molecule has 0 heterocycles. The Hall–Kier alpha value is 0.571. The molecule has 2 nitrogen and oxygen atoms in total. The summed E-state index contributed by atoms with van der Waals surface area (Å²) >= 11 is 0. The van der Waals surface area contributed by atoms with Gasteiger partial charge < -0.3 is 8.85 Å². The first-order valence-electron chi connectivity index (χ1n) is 6.00. The van der Waals surface area contributed by atoms with Gasteiger partial charge in [-0.3, -0.25) is 0 Å². The highest BCUT2D eigenvalue weighted by Crippen LogP contribution is 2.17. The first kappa shape index (κ1) is 15.6. The molecule has 0 saturated heterocycles. The van der Waals surface area contributed by atoms with E-state index in [1.165, 1.54) is 0 Å². The fraction of sp³-hybridized carbons (Fsp3) is 1.00. The molecule has 0 bridgehead atoms. The lowest BCUT2D eigenvalue weighted by Crippen LogP contribution is -2.50. The Kier molecular flexibility index (Phi) is 6.58. The normalized spacial score (nSPS) is 17.2. The molecular formula is C10H28O2Si3. The minimum Gasteiger partial charge on any atom is -0.418 e. The lowest BCUT2D eigenvalue weighted by Gasteiger charge is -2.34. The lowest BCUT2D eigenvalue weighted by molar-refractivity contribution is 0.214. The first-order chi connectivity index (χ1) is 6.66. The van der Waals surface area contributed by atoms with Gasteiger partial charge in [-0.05, 0) is 40.0 Å². The van der Waals surface area contributed by atoms with E-state index >= 15 is 0 Å². The van der Waals surface area contributed by atoms with E-state index in [9.17, 15) is 0 Å². The molecule has 2 atom stereocenters. The maximum Gasteiger partial charge on any atom is 0.213 e. The van der Waals surface area contributed by atoms with Gasteiger partial charge in [-0.2, -0.15) is 0 Å². The van der Waals surface area contributed by atoms with Crippen LogP contribution in [0.15, 0.2) is 0 Å². The summed E-state index contributed by atoms with van der Waals surface area (Å²) in [5.41, 5.74) is 0.811. The van der Waals surface area contributed by atoms with Crippen LogP contribution in [-0.2, 0) is 8.85 Å². The molecule has 0 rings (SSSR count). The van der Waals surface area contributed by atoms with Gasteiger partial charge in [0.05, 0.1) is 14.5 Å². The van der Waals surface area contributed by atoms with Crippen molar-refractivity contribution >= 4 is 26.2 Å². The Labute approximate surface area is 99.8 Å². The molecule has 0 radical (unpaired) electrons. The third kappa shape index (κ3) is 6.01. The van der Waals surface area contributed by atoms with Gasteiger partial charge in [0.25, 0.3) is 0 Å². The predicted molar refractivity (Wildman–Crippen MR) is 76.3 cm³/mol. The average Bonchev–Trinajstić information content (AvgIpc) is 2.01. The summed E-state index contributed by atoms with van der Waals surface area (Å²) in [6.45, 7) is 18.1. The van der Waals surface area contributed by atoms with Crippen LogP contribution in [0, 0.1) is 0 Å². The zero-order valence-corrected chi connectivity index (χ0v) is 14.9. The zero-order valence-electron chi connectivity index (χ0n) is 11.6. The van der Waals surface area contributed by atoms with Gasteiger partial charge in [0.15, 0.2) is 9.04 Å². The summed E-state index contributed by atoms with van der Waals surface area (Å²) in [6.07, 6.45) is 0. The second kappa shape index (κ2) is 6.34. The Morgan fingerprint density at radius 1 is 1.00 bits per heavy atom. The zero-order chi connectivity index (χ0) is 12.2. The minimum absolute atomic E-state index is 0.333. The molecule has 0 aliphatic rings. The summed E-state index contributed by atoms with van der Waals surface area (Å²) in [5, 5.41) is 0. The van der Waals surface area contributed by atoms with Crippen molar-refractivity contribution in [1.29, 1.82) is 0 Å². The van der Waals surface area contributed by atoms with E-state index < -0.39 is 26.2 Å². The van der Waals surface area contributed by atoms with Crippen molar-refractivity contribution in [1.82, 2.24) is 0 Å². The highest BCUT2D eigenvalue weighted by Gasteiger charge is 2.34. The van der Waals surface area contributed by atoms with Crippen LogP contribution in [0.3, 0.4) is 0 Å². The van der Waals surface area contributed by atoms with Crippen LogP contribution in [0.1, 0.15) is 13.8 Å². The molecule has 0 saturated carbocycles. The summed E-state index contributed by atoms with van der Waals surface area (Å²) in [6, 6.07) is 0. The van der Waals surface area contributed by atoms with Crippen molar-refractivity contribution < 1.29 is 8.85 Å². The molecule has 0 spiro atoms. The monoisotopic (exact) mass is 264 g/mol. The molecule has 0 aromatic rings. The average molecular weight is 265 g/mol. The van der Waals surface area contributed by atoms with Crippen LogP contribution in [0.2, 0.25) is 39.3 Å². The number of rotatable bonds is 6. The summed E-state index contributed by atoms with van der Waals surface area (Å²) in [7, 11) is -3.25. The van der Waals surface area contributed by atoms with Crippen molar-refractivity contribution in [2.75, 3.05) is 0 Å². The molecule has 0 aromatic heterocycles. The van der Waals surface area contributed by atoms with E-state index in [4.69, 9.17) is 8.85 Å². The molecule has 0 aromatic carbocycles. The third-order valence-corrected chi connectivity index (χ3v) is 9.47. The maximum absolute atomic E-state index is 6.26.